The smallest absolute Gasteiger partial charge is 0.280 e. The van der Waals surface area contributed by atoms with Gasteiger partial charge in [0.05, 0.1) is 6.07 Å². The number of nitrogens with zero attached hydrogens (tertiary/aromatic N) is 5. The summed E-state index contributed by atoms with van der Waals surface area (Å²) in [6.07, 6.45) is 3.88. The molecule has 0 fully saturated rings. The predicted molar refractivity (Wildman–Crippen MR) is 80.0 cm³/mol. The average molecular weight is 295 g/mol. The standard InChI is InChI=1S/C15H13N5O2/c1-2-11-4-3-5-12(10-11)18-8-9-19-13(14(18)21)17-20(7-6-16)15(19)22/h3-5,8-10H,2,7H2,1H3. The Balaban J connectivity index is 2.25. The highest BCUT2D eigenvalue weighted by atomic mass is 16.2. The van der Waals surface area contributed by atoms with E-state index in [1.807, 2.05) is 37.3 Å². The lowest BCUT2D eigenvalue weighted by Gasteiger charge is -2.06. The highest BCUT2D eigenvalue weighted by Gasteiger charge is 2.12. The van der Waals surface area contributed by atoms with Gasteiger partial charge in [0.25, 0.3) is 0 Å². The van der Waals surface area contributed by atoms with Crippen LogP contribution in [0.3, 0.4) is 0 Å². The molecule has 0 amide bonds. The molecule has 3 rings (SSSR count). The van der Waals surface area contributed by atoms with E-state index in [9.17, 15) is 9.59 Å². The van der Waals surface area contributed by atoms with Crippen molar-refractivity contribution in [1.82, 2.24) is 18.7 Å². The minimum absolute atomic E-state index is 0.00431. The van der Waals surface area contributed by atoms with Gasteiger partial charge >= 0.3 is 11.2 Å². The molecular formula is C15H13N5O2. The monoisotopic (exact) mass is 295 g/mol. The Kier molecular flexibility index (Phi) is 3.35. The van der Waals surface area contributed by atoms with Gasteiger partial charge in [0, 0.05) is 18.1 Å². The van der Waals surface area contributed by atoms with Gasteiger partial charge in [-0.3, -0.25) is 9.36 Å². The zero-order chi connectivity index (χ0) is 15.7. The maximum Gasteiger partial charge on any atom is 0.351 e. The molecule has 0 N–H and O–H groups in total. The molecular weight excluding hydrogens is 282 g/mol. The van der Waals surface area contributed by atoms with Crippen LogP contribution in [0.1, 0.15) is 12.5 Å². The lowest BCUT2D eigenvalue weighted by Crippen LogP contribution is -2.24. The Morgan fingerprint density at radius 2 is 2.09 bits per heavy atom. The summed E-state index contributed by atoms with van der Waals surface area (Å²) in [6, 6.07) is 9.45. The number of nitriles is 1. The number of aryl methyl sites for hydroxylation is 1. The maximum atomic E-state index is 12.5. The molecule has 0 saturated heterocycles. The number of aromatic nitrogens is 4. The van der Waals surface area contributed by atoms with Crippen molar-refractivity contribution >= 4 is 5.65 Å². The van der Waals surface area contributed by atoms with Crippen molar-refractivity contribution < 1.29 is 0 Å². The maximum absolute atomic E-state index is 12.5. The average Bonchev–Trinajstić information content (AvgIpc) is 2.86. The summed E-state index contributed by atoms with van der Waals surface area (Å²) in [6.45, 7) is 1.85. The van der Waals surface area contributed by atoms with Gasteiger partial charge in [-0.25, -0.2) is 9.20 Å². The molecule has 22 heavy (non-hydrogen) atoms. The molecule has 2 heterocycles. The summed E-state index contributed by atoms with van der Waals surface area (Å²) in [5.74, 6) is 0. The van der Waals surface area contributed by atoms with E-state index in [1.165, 1.54) is 17.0 Å². The molecule has 0 aliphatic carbocycles. The first kappa shape index (κ1) is 13.8. The second kappa shape index (κ2) is 5.33. The molecule has 7 nitrogen and oxygen atoms in total. The zero-order valence-corrected chi connectivity index (χ0v) is 11.9. The minimum Gasteiger partial charge on any atom is -0.280 e. The molecule has 1 aromatic carbocycles. The van der Waals surface area contributed by atoms with Crippen LogP contribution in [0.4, 0.5) is 0 Å². The van der Waals surface area contributed by atoms with Gasteiger partial charge in [-0.2, -0.15) is 9.94 Å². The van der Waals surface area contributed by atoms with Crippen molar-refractivity contribution in [1.29, 1.82) is 5.26 Å². The van der Waals surface area contributed by atoms with Gasteiger partial charge in [-0.1, -0.05) is 19.1 Å². The van der Waals surface area contributed by atoms with E-state index < -0.39 is 11.2 Å². The number of benzene rings is 1. The fraction of sp³-hybridized carbons (Fsp3) is 0.200. The van der Waals surface area contributed by atoms with Crippen molar-refractivity contribution in [2.75, 3.05) is 0 Å². The van der Waals surface area contributed by atoms with E-state index in [-0.39, 0.29) is 12.2 Å². The molecule has 0 aliphatic heterocycles. The molecule has 0 bridgehead atoms. The number of hydrogen-bond donors (Lipinski definition) is 0. The summed E-state index contributed by atoms with van der Waals surface area (Å²) >= 11 is 0. The van der Waals surface area contributed by atoms with Crippen LogP contribution in [0.25, 0.3) is 11.3 Å². The van der Waals surface area contributed by atoms with E-state index in [0.717, 1.165) is 21.1 Å². The fourth-order valence-corrected chi connectivity index (χ4v) is 2.31. The van der Waals surface area contributed by atoms with Crippen LogP contribution in [0, 0.1) is 11.3 Å². The minimum atomic E-state index is -0.497. The van der Waals surface area contributed by atoms with Crippen LogP contribution in [0.5, 0.6) is 0 Å². The first-order valence-corrected chi connectivity index (χ1v) is 6.83. The lowest BCUT2D eigenvalue weighted by molar-refractivity contribution is 0.679. The molecule has 0 aliphatic rings. The lowest BCUT2D eigenvalue weighted by atomic mass is 10.1. The Morgan fingerprint density at radius 1 is 1.27 bits per heavy atom. The Labute approximate surface area is 125 Å². The predicted octanol–water partition coefficient (Wildman–Crippen LogP) is 0.733. The number of rotatable bonds is 3. The highest BCUT2D eigenvalue weighted by molar-refractivity contribution is 5.41. The van der Waals surface area contributed by atoms with E-state index in [0.29, 0.717) is 5.69 Å². The van der Waals surface area contributed by atoms with Crippen LogP contribution < -0.4 is 11.2 Å². The van der Waals surface area contributed by atoms with E-state index in [1.54, 1.807) is 0 Å². The van der Waals surface area contributed by atoms with Crippen LogP contribution >= 0.6 is 0 Å². The molecule has 110 valence electrons. The van der Waals surface area contributed by atoms with Gasteiger partial charge in [-0.05, 0) is 24.1 Å². The second-order valence-corrected chi connectivity index (χ2v) is 4.79. The van der Waals surface area contributed by atoms with Gasteiger partial charge in [-0.15, -0.1) is 5.10 Å². The molecule has 0 saturated carbocycles. The topological polar surface area (TPSA) is 85.1 Å². The quantitative estimate of drug-likeness (QED) is 0.713. The Bertz CT molecular complexity index is 1000. The Morgan fingerprint density at radius 3 is 2.82 bits per heavy atom. The molecule has 0 unspecified atom stereocenters. The van der Waals surface area contributed by atoms with Crippen molar-refractivity contribution in [2.45, 2.75) is 19.9 Å². The third kappa shape index (κ3) is 2.11. The zero-order valence-electron chi connectivity index (χ0n) is 11.9. The van der Waals surface area contributed by atoms with Crippen LogP contribution in [-0.4, -0.2) is 18.7 Å². The molecule has 7 heteroatoms. The van der Waals surface area contributed by atoms with Crippen LogP contribution in [0.2, 0.25) is 0 Å². The summed E-state index contributed by atoms with van der Waals surface area (Å²) in [4.78, 5) is 24.5. The van der Waals surface area contributed by atoms with Gasteiger partial charge in [0.15, 0.2) is 0 Å². The second-order valence-electron chi connectivity index (χ2n) is 4.79. The van der Waals surface area contributed by atoms with Crippen molar-refractivity contribution in [3.63, 3.8) is 0 Å². The summed E-state index contributed by atoms with van der Waals surface area (Å²) < 4.78 is 3.57. The van der Waals surface area contributed by atoms with E-state index in [4.69, 9.17) is 5.26 Å². The molecule has 2 aromatic heterocycles. The van der Waals surface area contributed by atoms with E-state index in [2.05, 4.69) is 5.10 Å². The third-order valence-electron chi connectivity index (χ3n) is 3.46. The molecule has 0 radical (unpaired) electrons. The van der Waals surface area contributed by atoms with Crippen LogP contribution in [0.15, 0.2) is 46.2 Å². The van der Waals surface area contributed by atoms with Crippen LogP contribution in [-0.2, 0) is 13.0 Å². The molecule has 3 aromatic rings. The van der Waals surface area contributed by atoms with Gasteiger partial charge < -0.3 is 0 Å². The summed E-state index contributed by atoms with van der Waals surface area (Å²) in [7, 11) is 0. The number of fused-ring (bicyclic) bond motifs is 1. The number of hydrogen-bond acceptors (Lipinski definition) is 4. The largest absolute Gasteiger partial charge is 0.351 e. The highest BCUT2D eigenvalue weighted by Crippen LogP contribution is 2.09. The van der Waals surface area contributed by atoms with Gasteiger partial charge in [0.2, 0.25) is 5.65 Å². The Hall–Kier alpha value is -3.14. The normalized spacial score (nSPS) is 10.7. The first-order chi connectivity index (χ1) is 10.7. The van der Waals surface area contributed by atoms with Crippen molar-refractivity contribution in [2.24, 2.45) is 0 Å². The fourth-order valence-electron chi connectivity index (χ4n) is 2.31. The van der Waals surface area contributed by atoms with Gasteiger partial charge in [0.1, 0.15) is 6.54 Å². The molecule has 0 spiro atoms. The van der Waals surface area contributed by atoms with Crippen molar-refractivity contribution in [3.05, 3.63) is 63.1 Å². The van der Waals surface area contributed by atoms with Crippen molar-refractivity contribution in [3.8, 4) is 11.8 Å². The third-order valence-corrected chi connectivity index (χ3v) is 3.46. The SMILES string of the molecule is CCc1cccc(-n2ccn3c(=O)n(CC#N)nc3c2=O)c1. The summed E-state index contributed by atoms with van der Waals surface area (Å²) in [5, 5.41) is 12.6. The first-order valence-electron chi connectivity index (χ1n) is 6.83. The van der Waals surface area contributed by atoms with E-state index >= 15 is 0 Å². The summed E-state index contributed by atoms with van der Waals surface area (Å²) in [5.41, 5.74) is 0.933. The molecule has 0 atom stereocenters.